The number of carboxylic acids is 1. The van der Waals surface area contributed by atoms with Gasteiger partial charge in [0.25, 0.3) is 0 Å². The highest BCUT2D eigenvalue weighted by Crippen LogP contribution is 2.25. The highest BCUT2D eigenvalue weighted by Gasteiger charge is 2.14. The second-order valence-corrected chi connectivity index (χ2v) is 4.93. The lowest BCUT2D eigenvalue weighted by atomic mass is 10.1. The van der Waals surface area contributed by atoms with Crippen LogP contribution in [0.25, 0.3) is 0 Å². The van der Waals surface area contributed by atoms with Crippen LogP contribution < -0.4 is 0 Å². The van der Waals surface area contributed by atoms with Crippen LogP contribution in [-0.2, 0) is 4.79 Å². The first-order chi connectivity index (χ1) is 7.95. The third-order valence-corrected chi connectivity index (χ3v) is 3.55. The number of aryl methyl sites for hydroxylation is 2. The van der Waals surface area contributed by atoms with Crippen molar-refractivity contribution in [1.29, 1.82) is 5.26 Å². The van der Waals surface area contributed by atoms with Crippen LogP contribution in [0, 0.1) is 31.1 Å². The molecule has 90 valence electrons. The second kappa shape index (κ2) is 5.69. The van der Waals surface area contributed by atoms with E-state index in [9.17, 15) is 4.79 Å². The second-order valence-electron chi connectivity index (χ2n) is 3.92. The predicted octanol–water partition coefficient (Wildman–Crippen LogP) is 2.38. The molecule has 1 atom stereocenters. The molecule has 0 aliphatic carbocycles. The summed E-state index contributed by atoms with van der Waals surface area (Å²) in [6.45, 7) is 5.36. The monoisotopic (exact) mass is 250 g/mol. The highest BCUT2D eigenvalue weighted by molar-refractivity contribution is 7.99. The van der Waals surface area contributed by atoms with Crippen LogP contribution >= 0.6 is 11.8 Å². The molecule has 1 unspecified atom stereocenters. The average molecular weight is 250 g/mol. The molecule has 1 aromatic heterocycles. The molecule has 0 aliphatic rings. The number of hydrogen-bond donors (Lipinski definition) is 1. The van der Waals surface area contributed by atoms with E-state index in [1.165, 1.54) is 11.8 Å². The van der Waals surface area contributed by atoms with Gasteiger partial charge in [0.05, 0.1) is 11.5 Å². The standard InChI is InChI=1S/C12H14N2O2S/c1-7-4-9(3)14-11(10(7)5-13)17-6-8(2)12(15)16/h4,8H,6H2,1-3H3,(H,15,16). The summed E-state index contributed by atoms with van der Waals surface area (Å²) in [5.41, 5.74) is 2.26. The summed E-state index contributed by atoms with van der Waals surface area (Å²) in [6.07, 6.45) is 0. The summed E-state index contributed by atoms with van der Waals surface area (Å²) in [5.74, 6) is -0.866. The van der Waals surface area contributed by atoms with E-state index in [1.807, 2.05) is 19.9 Å². The molecule has 5 heteroatoms. The van der Waals surface area contributed by atoms with Crippen molar-refractivity contribution in [3.8, 4) is 6.07 Å². The van der Waals surface area contributed by atoms with Crippen molar-refractivity contribution in [2.75, 3.05) is 5.75 Å². The largest absolute Gasteiger partial charge is 0.481 e. The van der Waals surface area contributed by atoms with Crippen LogP contribution in [0.3, 0.4) is 0 Å². The van der Waals surface area contributed by atoms with Crippen molar-refractivity contribution in [2.45, 2.75) is 25.8 Å². The first-order valence-corrected chi connectivity index (χ1v) is 6.18. The summed E-state index contributed by atoms with van der Waals surface area (Å²) in [5, 5.41) is 18.5. The zero-order chi connectivity index (χ0) is 13.0. The predicted molar refractivity (Wildman–Crippen MR) is 65.9 cm³/mol. The van der Waals surface area contributed by atoms with E-state index in [0.717, 1.165) is 11.3 Å². The van der Waals surface area contributed by atoms with Crippen molar-refractivity contribution < 1.29 is 9.90 Å². The quantitative estimate of drug-likeness (QED) is 0.830. The maximum Gasteiger partial charge on any atom is 0.307 e. The number of aliphatic carboxylic acids is 1. The van der Waals surface area contributed by atoms with Crippen LogP contribution in [0.5, 0.6) is 0 Å². The van der Waals surface area contributed by atoms with Crippen LogP contribution in [-0.4, -0.2) is 21.8 Å². The number of carboxylic acid groups (broad SMARTS) is 1. The molecular formula is C12H14N2O2S. The van der Waals surface area contributed by atoms with Gasteiger partial charge in [0.1, 0.15) is 11.1 Å². The van der Waals surface area contributed by atoms with Crippen LogP contribution in [0.1, 0.15) is 23.7 Å². The van der Waals surface area contributed by atoms with Crippen molar-refractivity contribution >= 4 is 17.7 Å². The van der Waals surface area contributed by atoms with Gasteiger partial charge in [-0.25, -0.2) is 4.98 Å². The van der Waals surface area contributed by atoms with E-state index in [0.29, 0.717) is 16.3 Å². The molecule has 0 aliphatic heterocycles. The lowest BCUT2D eigenvalue weighted by Gasteiger charge is -2.09. The fourth-order valence-corrected chi connectivity index (χ4v) is 2.43. The number of carbonyl (C=O) groups is 1. The van der Waals surface area contributed by atoms with Gasteiger partial charge in [0, 0.05) is 11.4 Å². The van der Waals surface area contributed by atoms with Crippen molar-refractivity contribution in [3.05, 3.63) is 22.9 Å². The molecule has 1 N–H and O–H groups in total. The lowest BCUT2D eigenvalue weighted by molar-refractivity contribution is -0.140. The number of nitriles is 1. The average Bonchev–Trinajstić information content (AvgIpc) is 2.24. The molecule has 0 aromatic carbocycles. The molecule has 0 saturated heterocycles. The van der Waals surface area contributed by atoms with E-state index in [4.69, 9.17) is 10.4 Å². The summed E-state index contributed by atoms with van der Waals surface area (Å²) in [4.78, 5) is 15.0. The number of rotatable bonds is 4. The van der Waals surface area contributed by atoms with Gasteiger partial charge in [-0.1, -0.05) is 6.92 Å². The van der Waals surface area contributed by atoms with Gasteiger partial charge in [-0.2, -0.15) is 5.26 Å². The first kappa shape index (κ1) is 13.5. The highest BCUT2D eigenvalue weighted by atomic mass is 32.2. The lowest BCUT2D eigenvalue weighted by Crippen LogP contribution is -2.12. The molecule has 0 amide bonds. The Bertz CT molecular complexity index is 480. The van der Waals surface area contributed by atoms with E-state index >= 15 is 0 Å². The fourth-order valence-electron chi connectivity index (χ4n) is 1.32. The third kappa shape index (κ3) is 3.46. The van der Waals surface area contributed by atoms with Gasteiger partial charge in [0.15, 0.2) is 0 Å². The molecule has 4 nitrogen and oxygen atoms in total. The molecule has 0 fully saturated rings. The minimum atomic E-state index is -0.833. The fraction of sp³-hybridized carbons (Fsp3) is 0.417. The van der Waals surface area contributed by atoms with Gasteiger partial charge < -0.3 is 5.11 Å². The number of thioether (sulfide) groups is 1. The van der Waals surface area contributed by atoms with Crippen LogP contribution in [0.4, 0.5) is 0 Å². The Morgan fingerprint density at radius 2 is 2.29 bits per heavy atom. The van der Waals surface area contributed by atoms with E-state index in [2.05, 4.69) is 11.1 Å². The van der Waals surface area contributed by atoms with Gasteiger partial charge in [-0.05, 0) is 25.5 Å². The normalized spacial score (nSPS) is 11.9. The van der Waals surface area contributed by atoms with Crippen molar-refractivity contribution in [1.82, 2.24) is 4.98 Å². The zero-order valence-corrected chi connectivity index (χ0v) is 10.8. The number of pyridine rings is 1. The Balaban J connectivity index is 2.91. The molecule has 0 spiro atoms. The van der Waals surface area contributed by atoms with Crippen LogP contribution in [0.15, 0.2) is 11.1 Å². The Hall–Kier alpha value is -1.54. The van der Waals surface area contributed by atoms with Crippen molar-refractivity contribution in [3.63, 3.8) is 0 Å². The summed E-state index contributed by atoms with van der Waals surface area (Å²) >= 11 is 1.32. The molecule has 1 heterocycles. The SMILES string of the molecule is Cc1cc(C)c(C#N)c(SCC(C)C(=O)O)n1. The summed E-state index contributed by atoms with van der Waals surface area (Å²) < 4.78 is 0. The Morgan fingerprint density at radius 3 is 2.82 bits per heavy atom. The number of nitrogens with zero attached hydrogens (tertiary/aromatic N) is 2. The zero-order valence-electron chi connectivity index (χ0n) is 10.0. The van der Waals surface area contributed by atoms with E-state index < -0.39 is 11.9 Å². The third-order valence-electron chi connectivity index (χ3n) is 2.31. The molecule has 0 bridgehead atoms. The minimum Gasteiger partial charge on any atom is -0.481 e. The first-order valence-electron chi connectivity index (χ1n) is 5.19. The summed E-state index contributed by atoms with van der Waals surface area (Å²) in [7, 11) is 0. The summed E-state index contributed by atoms with van der Waals surface area (Å²) in [6, 6.07) is 3.96. The van der Waals surface area contributed by atoms with E-state index in [-0.39, 0.29) is 0 Å². The van der Waals surface area contributed by atoms with Crippen molar-refractivity contribution in [2.24, 2.45) is 5.92 Å². The number of aromatic nitrogens is 1. The molecular weight excluding hydrogens is 236 g/mol. The molecule has 0 radical (unpaired) electrons. The molecule has 0 saturated carbocycles. The maximum atomic E-state index is 10.7. The maximum absolute atomic E-state index is 10.7. The van der Waals surface area contributed by atoms with Gasteiger partial charge in [-0.3, -0.25) is 4.79 Å². The Morgan fingerprint density at radius 1 is 1.65 bits per heavy atom. The topological polar surface area (TPSA) is 74.0 Å². The minimum absolute atomic E-state index is 0.417. The smallest absolute Gasteiger partial charge is 0.307 e. The Kier molecular flexibility index (Phi) is 4.53. The van der Waals surface area contributed by atoms with Crippen LogP contribution in [0.2, 0.25) is 0 Å². The molecule has 17 heavy (non-hydrogen) atoms. The molecule has 1 rings (SSSR count). The van der Waals surface area contributed by atoms with Gasteiger partial charge in [0.2, 0.25) is 0 Å². The number of hydrogen-bond acceptors (Lipinski definition) is 4. The van der Waals surface area contributed by atoms with Gasteiger partial charge >= 0.3 is 5.97 Å². The molecule has 1 aromatic rings. The van der Waals surface area contributed by atoms with E-state index in [1.54, 1.807) is 6.92 Å². The Labute approximate surface area is 105 Å². The van der Waals surface area contributed by atoms with Gasteiger partial charge in [-0.15, -0.1) is 11.8 Å².